The summed E-state index contributed by atoms with van der Waals surface area (Å²) in [5, 5.41) is 0. The number of H-pyrrole nitrogens is 1. The van der Waals surface area contributed by atoms with Crippen molar-refractivity contribution in [3.63, 3.8) is 0 Å². The van der Waals surface area contributed by atoms with E-state index in [1.54, 1.807) is 6.92 Å². The Bertz CT molecular complexity index is 845. The van der Waals surface area contributed by atoms with Gasteiger partial charge in [-0.1, -0.05) is 29.8 Å². The number of aryl methyl sites for hydroxylation is 2. The van der Waals surface area contributed by atoms with Gasteiger partial charge in [0.1, 0.15) is 0 Å². The molecule has 0 radical (unpaired) electrons. The van der Waals surface area contributed by atoms with Crippen LogP contribution in [-0.4, -0.2) is 59.1 Å². The van der Waals surface area contributed by atoms with Gasteiger partial charge in [0.25, 0.3) is 0 Å². The fourth-order valence-corrected chi connectivity index (χ4v) is 4.01. The van der Waals surface area contributed by atoms with Gasteiger partial charge in [-0.05, 0) is 38.8 Å². The number of Topliss-reactive ketones (excluding diaryl/α,β-unsaturated/α-hetero) is 2. The van der Waals surface area contributed by atoms with Gasteiger partial charge in [0.05, 0.1) is 12.2 Å². The summed E-state index contributed by atoms with van der Waals surface area (Å²) in [4.78, 5) is 32.3. The third-order valence-electron chi connectivity index (χ3n) is 5.39. The number of nitrogens with zero attached hydrogens (tertiary/aromatic N) is 2. The summed E-state index contributed by atoms with van der Waals surface area (Å²) in [5.74, 6) is 0.0697. The van der Waals surface area contributed by atoms with Crippen molar-refractivity contribution in [2.75, 3.05) is 32.7 Å². The number of benzene rings is 1. The van der Waals surface area contributed by atoms with Gasteiger partial charge < -0.3 is 4.98 Å². The van der Waals surface area contributed by atoms with Crippen LogP contribution in [0.25, 0.3) is 0 Å². The summed E-state index contributed by atoms with van der Waals surface area (Å²) < 4.78 is 0. The number of aromatic nitrogens is 1. The van der Waals surface area contributed by atoms with Crippen LogP contribution in [0.5, 0.6) is 0 Å². The topological polar surface area (TPSA) is 56.4 Å². The van der Waals surface area contributed by atoms with Crippen molar-refractivity contribution in [3.8, 4) is 0 Å². The molecule has 1 fully saturated rings. The first kappa shape index (κ1) is 19.5. The molecule has 0 spiro atoms. The Balaban J connectivity index is 1.55. The van der Waals surface area contributed by atoms with E-state index in [-0.39, 0.29) is 11.6 Å². The molecule has 5 nitrogen and oxygen atoms in total. The molecule has 0 saturated carbocycles. The lowest BCUT2D eigenvalue weighted by atomic mass is 10.1. The predicted molar refractivity (Wildman–Crippen MR) is 107 cm³/mol. The molecule has 2 heterocycles. The number of hydrogen-bond donors (Lipinski definition) is 1. The molecule has 1 aliphatic rings. The second kappa shape index (κ2) is 8.19. The van der Waals surface area contributed by atoms with Crippen LogP contribution in [0.15, 0.2) is 24.3 Å². The molecule has 3 rings (SSSR count). The second-order valence-corrected chi connectivity index (χ2v) is 7.65. The molecule has 144 valence electrons. The standard InChI is InChI=1S/C22H29N3O2/c1-15-6-5-7-19(12-15)13-24-8-10-25(11-9-24)14-20(27)22-16(2)21(18(4)26)17(3)23-22/h5-7,12,23H,8-11,13-14H2,1-4H3. The number of ketones is 2. The number of carbonyl (C=O) groups is 2. The highest BCUT2D eigenvalue weighted by molar-refractivity contribution is 6.03. The van der Waals surface area contributed by atoms with Gasteiger partial charge in [-0.15, -0.1) is 0 Å². The molecule has 0 amide bonds. The molecular formula is C22H29N3O2. The Hall–Kier alpha value is -2.24. The molecule has 1 aliphatic heterocycles. The molecular weight excluding hydrogens is 338 g/mol. The Morgan fingerprint density at radius 1 is 1.04 bits per heavy atom. The number of piperazine rings is 1. The Morgan fingerprint density at radius 2 is 1.70 bits per heavy atom. The normalized spacial score (nSPS) is 15.9. The maximum Gasteiger partial charge on any atom is 0.193 e. The number of nitrogens with one attached hydrogen (secondary N) is 1. The number of rotatable bonds is 6. The van der Waals surface area contributed by atoms with Crippen molar-refractivity contribution in [1.29, 1.82) is 0 Å². The molecule has 1 aromatic heterocycles. The van der Waals surface area contributed by atoms with Crippen molar-refractivity contribution < 1.29 is 9.59 Å². The van der Waals surface area contributed by atoms with E-state index in [1.165, 1.54) is 11.1 Å². The van der Waals surface area contributed by atoms with Crippen LogP contribution < -0.4 is 0 Å². The van der Waals surface area contributed by atoms with Crippen molar-refractivity contribution in [2.45, 2.75) is 34.2 Å². The number of hydrogen-bond acceptors (Lipinski definition) is 4. The van der Waals surface area contributed by atoms with Crippen LogP contribution in [0, 0.1) is 20.8 Å². The van der Waals surface area contributed by atoms with E-state index in [2.05, 4.69) is 46.0 Å². The molecule has 27 heavy (non-hydrogen) atoms. The third kappa shape index (κ3) is 4.54. The highest BCUT2D eigenvalue weighted by Gasteiger charge is 2.23. The van der Waals surface area contributed by atoms with E-state index in [4.69, 9.17) is 0 Å². The number of aromatic amines is 1. The first-order valence-electron chi connectivity index (χ1n) is 9.58. The summed E-state index contributed by atoms with van der Waals surface area (Å²) in [6.45, 7) is 12.4. The predicted octanol–water partition coefficient (Wildman–Crippen LogP) is 3.14. The van der Waals surface area contributed by atoms with Crippen LogP contribution in [0.1, 0.15) is 50.2 Å². The van der Waals surface area contributed by atoms with E-state index in [9.17, 15) is 9.59 Å². The maximum atomic E-state index is 12.7. The lowest BCUT2D eigenvalue weighted by molar-refractivity contribution is 0.0839. The van der Waals surface area contributed by atoms with E-state index in [0.717, 1.165) is 44.0 Å². The van der Waals surface area contributed by atoms with Gasteiger partial charge in [-0.3, -0.25) is 19.4 Å². The zero-order chi connectivity index (χ0) is 19.6. The summed E-state index contributed by atoms with van der Waals surface area (Å²) in [7, 11) is 0. The van der Waals surface area contributed by atoms with Crippen molar-refractivity contribution in [3.05, 3.63) is 57.9 Å². The molecule has 0 bridgehead atoms. The van der Waals surface area contributed by atoms with Crippen LogP contribution in [0.4, 0.5) is 0 Å². The van der Waals surface area contributed by atoms with E-state index >= 15 is 0 Å². The first-order chi connectivity index (χ1) is 12.8. The Labute approximate surface area is 161 Å². The molecule has 0 unspecified atom stereocenters. The summed E-state index contributed by atoms with van der Waals surface area (Å²) in [6.07, 6.45) is 0. The fourth-order valence-electron chi connectivity index (χ4n) is 4.01. The number of carbonyl (C=O) groups excluding carboxylic acids is 2. The van der Waals surface area contributed by atoms with Crippen LogP contribution in [0.3, 0.4) is 0 Å². The third-order valence-corrected chi connectivity index (χ3v) is 5.39. The molecule has 0 aliphatic carbocycles. The SMILES string of the molecule is CC(=O)c1c(C)[nH]c(C(=O)CN2CCN(Cc3cccc(C)c3)CC2)c1C. The summed E-state index contributed by atoms with van der Waals surface area (Å²) >= 11 is 0. The van der Waals surface area contributed by atoms with Crippen LogP contribution in [-0.2, 0) is 6.54 Å². The molecule has 2 aromatic rings. The quantitative estimate of drug-likeness (QED) is 0.797. The van der Waals surface area contributed by atoms with Gasteiger partial charge in [0.2, 0.25) is 0 Å². The van der Waals surface area contributed by atoms with E-state index < -0.39 is 0 Å². The van der Waals surface area contributed by atoms with Gasteiger partial charge in [-0.25, -0.2) is 0 Å². The van der Waals surface area contributed by atoms with E-state index in [0.29, 0.717) is 17.8 Å². The monoisotopic (exact) mass is 367 g/mol. The average Bonchev–Trinajstić information content (AvgIpc) is 2.91. The minimum atomic E-state index is 0.00469. The Morgan fingerprint density at radius 3 is 2.30 bits per heavy atom. The van der Waals surface area contributed by atoms with Gasteiger partial charge in [0, 0.05) is 44.0 Å². The minimum Gasteiger partial charge on any atom is -0.355 e. The highest BCUT2D eigenvalue weighted by Crippen LogP contribution is 2.19. The van der Waals surface area contributed by atoms with Gasteiger partial charge in [-0.2, -0.15) is 0 Å². The summed E-state index contributed by atoms with van der Waals surface area (Å²) in [6, 6.07) is 8.63. The van der Waals surface area contributed by atoms with Gasteiger partial charge >= 0.3 is 0 Å². The van der Waals surface area contributed by atoms with Crippen molar-refractivity contribution >= 4 is 11.6 Å². The zero-order valence-corrected chi connectivity index (χ0v) is 16.8. The maximum absolute atomic E-state index is 12.7. The Kier molecular flexibility index (Phi) is 5.92. The molecule has 1 N–H and O–H groups in total. The highest BCUT2D eigenvalue weighted by atomic mass is 16.1. The van der Waals surface area contributed by atoms with Gasteiger partial charge in [0.15, 0.2) is 11.6 Å². The largest absolute Gasteiger partial charge is 0.355 e. The van der Waals surface area contributed by atoms with E-state index in [1.807, 2.05) is 13.8 Å². The first-order valence-corrected chi connectivity index (χ1v) is 9.58. The fraction of sp³-hybridized carbons (Fsp3) is 0.455. The second-order valence-electron chi connectivity index (χ2n) is 7.65. The van der Waals surface area contributed by atoms with Crippen LogP contribution in [0.2, 0.25) is 0 Å². The zero-order valence-electron chi connectivity index (χ0n) is 16.8. The molecule has 0 atom stereocenters. The summed E-state index contributed by atoms with van der Waals surface area (Å²) in [5.41, 5.74) is 5.43. The van der Waals surface area contributed by atoms with Crippen LogP contribution >= 0.6 is 0 Å². The molecule has 5 heteroatoms. The smallest absolute Gasteiger partial charge is 0.193 e. The lowest BCUT2D eigenvalue weighted by Gasteiger charge is -2.34. The minimum absolute atomic E-state index is 0.00469. The lowest BCUT2D eigenvalue weighted by Crippen LogP contribution is -2.47. The van der Waals surface area contributed by atoms with Crippen molar-refractivity contribution in [2.24, 2.45) is 0 Å². The van der Waals surface area contributed by atoms with Crippen molar-refractivity contribution in [1.82, 2.24) is 14.8 Å². The molecule has 1 aromatic carbocycles. The average molecular weight is 367 g/mol. The molecule has 1 saturated heterocycles.